The Labute approximate surface area is 122 Å². The van der Waals surface area contributed by atoms with Crippen LogP contribution in [0.25, 0.3) is 0 Å². The molecular formula is C13H18ClN5O. The number of carbonyl (C=O) groups excluding carboxylic acids is 1. The van der Waals surface area contributed by atoms with Gasteiger partial charge in [0.1, 0.15) is 6.54 Å². The Morgan fingerprint density at radius 3 is 2.85 bits per heavy atom. The predicted molar refractivity (Wildman–Crippen MR) is 76.6 cm³/mol. The van der Waals surface area contributed by atoms with Gasteiger partial charge in [-0.25, -0.2) is 0 Å². The van der Waals surface area contributed by atoms with Gasteiger partial charge < -0.3 is 5.32 Å². The Bertz CT molecular complexity index is 589. The van der Waals surface area contributed by atoms with Crippen LogP contribution in [0.2, 0.25) is 5.02 Å². The first-order valence-corrected chi connectivity index (χ1v) is 6.88. The van der Waals surface area contributed by atoms with Crippen molar-refractivity contribution in [1.82, 2.24) is 24.9 Å². The number of carbonyl (C=O) groups is 1. The lowest BCUT2D eigenvalue weighted by molar-refractivity contribution is -0.121. The summed E-state index contributed by atoms with van der Waals surface area (Å²) in [6.45, 7) is 5.60. The summed E-state index contributed by atoms with van der Waals surface area (Å²) < 4.78 is 3.47. The number of nitrogens with one attached hydrogen (secondary N) is 1. The molecule has 0 aliphatic rings. The smallest absolute Gasteiger partial charge is 0.241 e. The quantitative estimate of drug-likeness (QED) is 0.823. The van der Waals surface area contributed by atoms with Crippen LogP contribution in [-0.4, -0.2) is 32.0 Å². The number of hydrogen-bond donors (Lipinski definition) is 1. The topological polar surface area (TPSA) is 64.7 Å². The summed E-state index contributed by atoms with van der Waals surface area (Å²) in [5.41, 5.74) is 2.15. The fourth-order valence-electron chi connectivity index (χ4n) is 1.99. The third-order valence-corrected chi connectivity index (χ3v) is 3.07. The summed E-state index contributed by atoms with van der Waals surface area (Å²) in [6.07, 6.45) is 3.97. The van der Waals surface area contributed by atoms with E-state index in [1.165, 1.54) is 10.9 Å². The van der Waals surface area contributed by atoms with Crippen LogP contribution in [0, 0.1) is 13.8 Å². The van der Waals surface area contributed by atoms with Crippen molar-refractivity contribution in [3.8, 4) is 0 Å². The fourth-order valence-corrected chi connectivity index (χ4v) is 2.14. The van der Waals surface area contributed by atoms with Crippen LogP contribution in [0.5, 0.6) is 0 Å². The van der Waals surface area contributed by atoms with E-state index in [1.807, 2.05) is 24.6 Å². The average molecular weight is 296 g/mol. The molecule has 2 rings (SSSR count). The van der Waals surface area contributed by atoms with Gasteiger partial charge in [0, 0.05) is 25.0 Å². The van der Waals surface area contributed by atoms with Crippen molar-refractivity contribution in [2.45, 2.75) is 33.4 Å². The van der Waals surface area contributed by atoms with Gasteiger partial charge in [0.15, 0.2) is 0 Å². The monoisotopic (exact) mass is 295 g/mol. The van der Waals surface area contributed by atoms with Crippen LogP contribution >= 0.6 is 11.6 Å². The number of nitrogens with zero attached hydrogens (tertiary/aromatic N) is 4. The molecule has 2 aromatic heterocycles. The molecule has 0 aromatic carbocycles. The van der Waals surface area contributed by atoms with Crippen molar-refractivity contribution in [3.63, 3.8) is 0 Å². The zero-order valence-electron chi connectivity index (χ0n) is 11.6. The van der Waals surface area contributed by atoms with Gasteiger partial charge in [0.2, 0.25) is 5.91 Å². The molecule has 2 heterocycles. The van der Waals surface area contributed by atoms with Crippen LogP contribution in [0.1, 0.15) is 17.8 Å². The van der Waals surface area contributed by atoms with E-state index in [4.69, 9.17) is 11.6 Å². The molecule has 6 nitrogen and oxygen atoms in total. The third kappa shape index (κ3) is 4.09. The maximum Gasteiger partial charge on any atom is 0.241 e. The van der Waals surface area contributed by atoms with E-state index in [0.29, 0.717) is 11.6 Å². The molecule has 1 amide bonds. The van der Waals surface area contributed by atoms with Crippen molar-refractivity contribution >= 4 is 17.5 Å². The number of amides is 1. The van der Waals surface area contributed by atoms with Crippen molar-refractivity contribution < 1.29 is 4.79 Å². The summed E-state index contributed by atoms with van der Waals surface area (Å²) in [7, 11) is 0. The van der Waals surface area contributed by atoms with Crippen molar-refractivity contribution in [2.75, 3.05) is 6.54 Å². The largest absolute Gasteiger partial charge is 0.354 e. The molecule has 2 aromatic rings. The van der Waals surface area contributed by atoms with Gasteiger partial charge in [0.25, 0.3) is 0 Å². The third-order valence-electron chi connectivity index (χ3n) is 2.88. The molecule has 1 N–H and O–H groups in total. The maximum absolute atomic E-state index is 11.7. The Morgan fingerprint density at radius 1 is 1.45 bits per heavy atom. The molecular weight excluding hydrogens is 278 g/mol. The van der Waals surface area contributed by atoms with Crippen LogP contribution < -0.4 is 5.32 Å². The first kappa shape index (κ1) is 14.6. The highest BCUT2D eigenvalue weighted by Crippen LogP contribution is 2.04. The van der Waals surface area contributed by atoms with E-state index in [2.05, 4.69) is 15.5 Å². The van der Waals surface area contributed by atoms with Gasteiger partial charge in [-0.15, -0.1) is 0 Å². The minimum atomic E-state index is -0.0712. The Kier molecular flexibility index (Phi) is 4.79. The first-order chi connectivity index (χ1) is 9.54. The zero-order chi connectivity index (χ0) is 14.5. The van der Waals surface area contributed by atoms with E-state index in [9.17, 15) is 4.79 Å². The normalized spacial score (nSPS) is 10.8. The standard InChI is InChI=1S/C13H18ClN5O/c1-10-6-11(2)19(17-10)5-3-4-15-13(20)9-18-8-12(14)7-16-18/h6-8H,3-5,9H2,1-2H3,(H,15,20). The lowest BCUT2D eigenvalue weighted by Crippen LogP contribution is -2.29. The van der Waals surface area contributed by atoms with Crippen molar-refractivity contribution in [3.05, 3.63) is 34.9 Å². The molecule has 20 heavy (non-hydrogen) atoms. The van der Waals surface area contributed by atoms with Gasteiger partial charge >= 0.3 is 0 Å². The Morgan fingerprint density at radius 2 is 2.25 bits per heavy atom. The van der Waals surface area contributed by atoms with Gasteiger partial charge in [-0.2, -0.15) is 10.2 Å². The number of aromatic nitrogens is 4. The summed E-state index contributed by atoms with van der Waals surface area (Å²) in [6, 6.07) is 2.04. The van der Waals surface area contributed by atoms with Gasteiger partial charge in [-0.3, -0.25) is 14.2 Å². The molecule has 108 valence electrons. The first-order valence-electron chi connectivity index (χ1n) is 6.50. The molecule has 0 unspecified atom stereocenters. The van der Waals surface area contributed by atoms with E-state index in [1.54, 1.807) is 6.20 Å². The highest BCUT2D eigenvalue weighted by molar-refractivity contribution is 6.30. The van der Waals surface area contributed by atoms with E-state index < -0.39 is 0 Å². The number of aryl methyl sites for hydroxylation is 3. The van der Waals surface area contributed by atoms with Gasteiger partial charge in [-0.1, -0.05) is 11.6 Å². The highest BCUT2D eigenvalue weighted by Gasteiger charge is 2.04. The number of hydrogen-bond acceptors (Lipinski definition) is 3. The molecule has 0 bridgehead atoms. The van der Waals surface area contributed by atoms with Crippen molar-refractivity contribution in [1.29, 1.82) is 0 Å². The SMILES string of the molecule is Cc1cc(C)n(CCCNC(=O)Cn2cc(Cl)cn2)n1. The maximum atomic E-state index is 11.7. The number of rotatable bonds is 6. The molecule has 0 radical (unpaired) electrons. The molecule has 0 aliphatic carbocycles. The van der Waals surface area contributed by atoms with Crippen LogP contribution in [0.4, 0.5) is 0 Å². The Hall–Kier alpha value is -1.82. The molecule has 0 atom stereocenters. The second-order valence-corrected chi connectivity index (χ2v) is 5.15. The molecule has 7 heteroatoms. The van der Waals surface area contributed by atoms with Crippen molar-refractivity contribution in [2.24, 2.45) is 0 Å². The highest BCUT2D eigenvalue weighted by atomic mass is 35.5. The second-order valence-electron chi connectivity index (χ2n) is 4.71. The fraction of sp³-hybridized carbons (Fsp3) is 0.462. The molecule has 0 spiro atoms. The minimum absolute atomic E-state index is 0.0712. The lowest BCUT2D eigenvalue weighted by Gasteiger charge is -2.06. The van der Waals surface area contributed by atoms with Crippen LogP contribution in [0.3, 0.4) is 0 Å². The summed E-state index contributed by atoms with van der Waals surface area (Å²) in [5.74, 6) is -0.0712. The molecule has 0 saturated heterocycles. The number of halogens is 1. The van der Waals surface area contributed by atoms with E-state index in [-0.39, 0.29) is 12.5 Å². The zero-order valence-corrected chi connectivity index (χ0v) is 12.4. The predicted octanol–water partition coefficient (Wildman–Crippen LogP) is 1.56. The second kappa shape index (κ2) is 6.56. The van der Waals surface area contributed by atoms with E-state index >= 15 is 0 Å². The van der Waals surface area contributed by atoms with Crippen LogP contribution in [-0.2, 0) is 17.9 Å². The average Bonchev–Trinajstić information content (AvgIpc) is 2.91. The summed E-state index contributed by atoms with van der Waals surface area (Å²) in [4.78, 5) is 11.7. The molecule has 0 fully saturated rings. The van der Waals surface area contributed by atoms with E-state index in [0.717, 1.165) is 24.4 Å². The van der Waals surface area contributed by atoms with Gasteiger partial charge in [0.05, 0.1) is 16.9 Å². The summed E-state index contributed by atoms with van der Waals surface area (Å²) in [5, 5.41) is 11.7. The molecule has 0 saturated carbocycles. The lowest BCUT2D eigenvalue weighted by atomic mass is 10.4. The Balaban J connectivity index is 1.68. The van der Waals surface area contributed by atoms with Crippen LogP contribution in [0.15, 0.2) is 18.5 Å². The minimum Gasteiger partial charge on any atom is -0.354 e. The molecule has 0 aliphatic heterocycles. The summed E-state index contributed by atoms with van der Waals surface area (Å²) >= 11 is 5.73. The van der Waals surface area contributed by atoms with Gasteiger partial charge in [-0.05, 0) is 26.3 Å².